The second kappa shape index (κ2) is 3.72. The Morgan fingerprint density at radius 3 is 2.38 bits per heavy atom. The molecule has 3 N–H and O–H groups in total. The number of nitrogen functional groups attached to an aromatic ring is 1. The molecule has 0 saturated heterocycles. The Morgan fingerprint density at radius 2 is 1.75 bits per heavy atom. The molecule has 0 aliphatic carbocycles. The summed E-state index contributed by atoms with van der Waals surface area (Å²) in [5.74, 6) is -3.47. The van der Waals surface area contributed by atoms with Crippen LogP contribution in [0.25, 0.3) is 0 Å². The molecule has 0 unspecified atom stereocenters. The fourth-order valence-electron chi connectivity index (χ4n) is 1.02. The van der Waals surface area contributed by atoms with E-state index in [0.717, 1.165) is 0 Å². The van der Waals surface area contributed by atoms with Gasteiger partial charge < -0.3 is 15.5 Å². The van der Waals surface area contributed by atoms with Gasteiger partial charge in [0.05, 0.1) is 5.69 Å². The van der Waals surface area contributed by atoms with Gasteiger partial charge in [-0.3, -0.25) is 0 Å². The third-order valence-electron chi connectivity index (χ3n) is 1.69. The first-order valence-corrected chi connectivity index (χ1v) is 4.07. The van der Waals surface area contributed by atoms with Gasteiger partial charge in [0.15, 0.2) is 11.6 Å². The number of hydrogen-bond donors (Lipinski definition) is 2. The molecule has 2 aromatic rings. The smallest absolute Gasteiger partial charge is 0.321 e. The van der Waals surface area contributed by atoms with Crippen LogP contribution in [0.4, 0.5) is 30.9 Å². The van der Waals surface area contributed by atoms with Gasteiger partial charge in [0.1, 0.15) is 5.82 Å². The molecule has 5 nitrogen and oxygen atoms in total. The zero-order valence-electron chi connectivity index (χ0n) is 7.67. The van der Waals surface area contributed by atoms with Gasteiger partial charge in [-0.25, -0.2) is 13.2 Å². The molecule has 0 bridgehead atoms. The van der Waals surface area contributed by atoms with Crippen LogP contribution < -0.4 is 11.1 Å². The van der Waals surface area contributed by atoms with Crippen LogP contribution in [0.5, 0.6) is 0 Å². The minimum Gasteiger partial charge on any atom is -0.389 e. The van der Waals surface area contributed by atoms with Crippen molar-refractivity contribution in [2.45, 2.75) is 0 Å². The number of hydrogen-bond acceptors (Lipinski definition) is 5. The lowest BCUT2D eigenvalue weighted by Crippen LogP contribution is -1.97. The topological polar surface area (TPSA) is 77.0 Å². The van der Waals surface area contributed by atoms with Crippen molar-refractivity contribution in [3.8, 4) is 0 Å². The molecule has 0 aliphatic heterocycles. The van der Waals surface area contributed by atoms with Gasteiger partial charge in [-0.2, -0.15) is 0 Å². The fraction of sp³-hybridized carbons (Fsp3) is 0. The van der Waals surface area contributed by atoms with Crippen LogP contribution in [0.1, 0.15) is 0 Å². The minimum atomic E-state index is -1.28. The van der Waals surface area contributed by atoms with Gasteiger partial charge in [-0.15, -0.1) is 0 Å². The summed E-state index contributed by atoms with van der Waals surface area (Å²) >= 11 is 0. The van der Waals surface area contributed by atoms with E-state index in [1.54, 1.807) is 0 Å². The predicted molar refractivity (Wildman–Crippen MR) is 48.3 cm³/mol. The summed E-state index contributed by atoms with van der Waals surface area (Å²) in [7, 11) is 0. The summed E-state index contributed by atoms with van der Waals surface area (Å²) in [6.45, 7) is 0. The number of rotatable bonds is 2. The highest BCUT2D eigenvalue weighted by atomic mass is 19.2. The van der Waals surface area contributed by atoms with Crippen molar-refractivity contribution in [1.82, 2.24) is 10.2 Å². The zero-order valence-corrected chi connectivity index (χ0v) is 7.67. The average Bonchev–Trinajstić information content (AvgIpc) is 2.60. The number of nitrogens with two attached hydrogens (primary N) is 1. The van der Waals surface area contributed by atoms with E-state index in [9.17, 15) is 13.2 Å². The Morgan fingerprint density at radius 1 is 1.06 bits per heavy atom. The second-order valence-electron chi connectivity index (χ2n) is 2.82. The number of nitrogens with zero attached hydrogens (tertiary/aromatic N) is 2. The summed E-state index contributed by atoms with van der Waals surface area (Å²) in [6.07, 6.45) is 0. The van der Waals surface area contributed by atoms with E-state index in [4.69, 9.17) is 5.73 Å². The summed E-state index contributed by atoms with van der Waals surface area (Å²) in [5.41, 5.74) is 4.79. The van der Waals surface area contributed by atoms with Crippen LogP contribution in [0.2, 0.25) is 0 Å². The first kappa shape index (κ1) is 10.3. The zero-order chi connectivity index (χ0) is 11.7. The highest BCUT2D eigenvalue weighted by molar-refractivity contribution is 5.53. The number of nitrogens with one attached hydrogen (secondary N) is 1. The normalized spacial score (nSPS) is 10.4. The molecule has 0 aliphatic rings. The van der Waals surface area contributed by atoms with Gasteiger partial charge in [-0.1, -0.05) is 10.2 Å². The van der Waals surface area contributed by atoms with Crippen LogP contribution in [0.3, 0.4) is 0 Å². The molecule has 2 rings (SSSR count). The molecule has 0 radical (unpaired) electrons. The summed E-state index contributed by atoms with van der Waals surface area (Å²) in [4.78, 5) is 0. The lowest BCUT2D eigenvalue weighted by Gasteiger charge is -2.03. The quantitative estimate of drug-likeness (QED) is 0.769. The maximum Gasteiger partial charge on any atom is 0.321 e. The Balaban J connectivity index is 2.31. The SMILES string of the molecule is Nc1nnc(Nc2cc(F)c(F)cc2F)o1. The van der Waals surface area contributed by atoms with Crippen LogP contribution in [0, 0.1) is 17.5 Å². The van der Waals surface area contributed by atoms with Crippen molar-refractivity contribution >= 4 is 17.7 Å². The van der Waals surface area contributed by atoms with Crippen molar-refractivity contribution in [3.63, 3.8) is 0 Å². The van der Waals surface area contributed by atoms with Gasteiger partial charge >= 0.3 is 12.0 Å². The molecular weight excluding hydrogens is 225 g/mol. The van der Waals surface area contributed by atoms with Gasteiger partial charge in [-0.05, 0) is 0 Å². The molecule has 16 heavy (non-hydrogen) atoms. The molecule has 8 heteroatoms. The van der Waals surface area contributed by atoms with E-state index >= 15 is 0 Å². The van der Waals surface area contributed by atoms with Crippen molar-refractivity contribution in [1.29, 1.82) is 0 Å². The maximum absolute atomic E-state index is 13.1. The average molecular weight is 230 g/mol. The summed E-state index contributed by atoms with van der Waals surface area (Å²) < 4.78 is 43.2. The van der Waals surface area contributed by atoms with E-state index in [2.05, 4.69) is 19.9 Å². The largest absolute Gasteiger partial charge is 0.389 e. The van der Waals surface area contributed by atoms with Crippen molar-refractivity contribution in [2.75, 3.05) is 11.1 Å². The number of aromatic nitrogens is 2. The lowest BCUT2D eigenvalue weighted by molar-refractivity contribution is 0.496. The first-order valence-electron chi connectivity index (χ1n) is 4.07. The van der Waals surface area contributed by atoms with Gasteiger partial charge in [0.2, 0.25) is 0 Å². The van der Waals surface area contributed by atoms with E-state index in [-0.39, 0.29) is 17.7 Å². The highest BCUT2D eigenvalue weighted by Crippen LogP contribution is 2.22. The third kappa shape index (κ3) is 1.90. The molecular formula is C8H5F3N4O. The van der Waals surface area contributed by atoms with E-state index in [1.165, 1.54) is 0 Å². The molecule has 0 fully saturated rings. The maximum atomic E-state index is 13.1. The molecule has 0 amide bonds. The summed E-state index contributed by atoms with van der Waals surface area (Å²) in [5, 5.41) is 8.92. The number of benzene rings is 1. The second-order valence-corrected chi connectivity index (χ2v) is 2.82. The van der Waals surface area contributed by atoms with Crippen molar-refractivity contribution < 1.29 is 17.6 Å². The van der Waals surface area contributed by atoms with Crippen molar-refractivity contribution in [2.24, 2.45) is 0 Å². The first-order chi connectivity index (χ1) is 7.56. The van der Waals surface area contributed by atoms with Crippen LogP contribution in [-0.2, 0) is 0 Å². The number of anilines is 3. The molecule has 1 aromatic heterocycles. The third-order valence-corrected chi connectivity index (χ3v) is 1.69. The lowest BCUT2D eigenvalue weighted by atomic mass is 10.3. The Hall–Kier alpha value is -2.25. The van der Waals surface area contributed by atoms with Gasteiger partial charge in [0.25, 0.3) is 0 Å². The van der Waals surface area contributed by atoms with E-state index in [1.807, 2.05) is 0 Å². The predicted octanol–water partition coefficient (Wildman–Crippen LogP) is 1.81. The van der Waals surface area contributed by atoms with Crippen LogP contribution >= 0.6 is 0 Å². The molecule has 0 saturated carbocycles. The van der Waals surface area contributed by atoms with Crippen LogP contribution in [-0.4, -0.2) is 10.2 Å². The summed E-state index contributed by atoms with van der Waals surface area (Å²) in [6, 6.07) is 0.579. The van der Waals surface area contributed by atoms with E-state index < -0.39 is 17.5 Å². The Bertz CT molecular complexity index is 528. The molecule has 0 spiro atoms. The highest BCUT2D eigenvalue weighted by Gasteiger charge is 2.12. The fourth-order valence-corrected chi connectivity index (χ4v) is 1.02. The number of halogens is 3. The van der Waals surface area contributed by atoms with Gasteiger partial charge in [0, 0.05) is 12.1 Å². The standard InChI is InChI=1S/C8H5F3N4O/c9-3-1-5(11)6(2-4(3)10)13-8-15-14-7(12)16-8/h1-2H,(H2,12,14)(H,13,15). The molecule has 0 atom stereocenters. The van der Waals surface area contributed by atoms with E-state index in [0.29, 0.717) is 12.1 Å². The molecule has 1 heterocycles. The van der Waals surface area contributed by atoms with Crippen molar-refractivity contribution in [3.05, 3.63) is 29.6 Å². The Kier molecular flexibility index (Phi) is 2.39. The Labute approximate surface area is 87.1 Å². The molecule has 1 aromatic carbocycles. The minimum absolute atomic E-state index is 0.220. The van der Waals surface area contributed by atoms with Crippen LogP contribution in [0.15, 0.2) is 16.5 Å². The monoisotopic (exact) mass is 230 g/mol. The molecule has 84 valence electrons.